The Bertz CT molecular complexity index is 686. The van der Waals surface area contributed by atoms with Gasteiger partial charge >= 0.3 is 0 Å². The molecule has 1 aromatic heterocycles. The first-order chi connectivity index (χ1) is 11.6. The second-order valence-corrected chi connectivity index (χ2v) is 7.08. The zero-order valence-electron chi connectivity index (χ0n) is 14.5. The zero-order chi connectivity index (χ0) is 16.9. The lowest BCUT2D eigenvalue weighted by atomic mass is 9.86. The minimum Gasteiger partial charge on any atom is -0.386 e. The number of aliphatic hydroxyl groups is 1. The molecule has 0 spiro atoms. The molecule has 3 rings (SSSR count). The lowest BCUT2D eigenvalue weighted by molar-refractivity contribution is -0.121. The lowest BCUT2D eigenvalue weighted by Gasteiger charge is -2.21. The van der Waals surface area contributed by atoms with E-state index in [0.29, 0.717) is 12.3 Å². The molecule has 24 heavy (non-hydrogen) atoms. The van der Waals surface area contributed by atoms with Crippen molar-refractivity contribution in [3.63, 3.8) is 0 Å². The Kier molecular flexibility index (Phi) is 5.56. The van der Waals surface area contributed by atoms with Gasteiger partial charge in [0.25, 0.3) is 0 Å². The van der Waals surface area contributed by atoms with Gasteiger partial charge in [-0.1, -0.05) is 50.3 Å². The largest absolute Gasteiger partial charge is 0.386 e. The minimum atomic E-state index is -0.672. The Balaban J connectivity index is 1.51. The van der Waals surface area contributed by atoms with Crippen LogP contribution in [0.25, 0.3) is 10.9 Å². The molecule has 1 unspecified atom stereocenters. The van der Waals surface area contributed by atoms with Gasteiger partial charge in [-0.3, -0.25) is 4.79 Å². The van der Waals surface area contributed by atoms with E-state index in [1.165, 1.54) is 32.1 Å². The Morgan fingerprint density at radius 2 is 2.04 bits per heavy atom. The number of benzene rings is 1. The van der Waals surface area contributed by atoms with Crippen LogP contribution < -0.4 is 5.32 Å². The van der Waals surface area contributed by atoms with Crippen LogP contribution in [0.3, 0.4) is 0 Å². The lowest BCUT2D eigenvalue weighted by Crippen LogP contribution is -2.28. The number of para-hydroxylation sites is 1. The van der Waals surface area contributed by atoms with Gasteiger partial charge in [0.05, 0.1) is 6.10 Å². The van der Waals surface area contributed by atoms with Crippen molar-refractivity contribution in [1.29, 1.82) is 0 Å². The summed E-state index contributed by atoms with van der Waals surface area (Å²) in [4.78, 5) is 12.1. The summed E-state index contributed by atoms with van der Waals surface area (Å²) in [6.07, 6.45) is 9.34. The summed E-state index contributed by atoms with van der Waals surface area (Å²) in [5.41, 5.74) is 1.97. The fourth-order valence-corrected chi connectivity index (χ4v) is 3.86. The van der Waals surface area contributed by atoms with Crippen molar-refractivity contribution in [3.05, 3.63) is 36.0 Å². The first-order valence-electron chi connectivity index (χ1n) is 9.14. The summed E-state index contributed by atoms with van der Waals surface area (Å²) in [6, 6.07) is 8.01. The molecule has 1 atom stereocenters. The molecule has 1 amide bonds. The number of fused-ring (bicyclic) bond motifs is 1. The molecule has 1 aliphatic rings. The molecule has 0 aliphatic heterocycles. The molecular weight excluding hydrogens is 300 g/mol. The topological polar surface area (TPSA) is 54.3 Å². The third kappa shape index (κ3) is 3.99. The number of aromatic nitrogens is 1. The Hall–Kier alpha value is -1.81. The first-order valence-corrected chi connectivity index (χ1v) is 9.14. The second kappa shape index (κ2) is 7.84. The van der Waals surface area contributed by atoms with Gasteiger partial charge in [0.15, 0.2) is 0 Å². The highest BCUT2D eigenvalue weighted by Crippen LogP contribution is 2.27. The van der Waals surface area contributed by atoms with Crippen LogP contribution in [0.1, 0.15) is 56.6 Å². The third-order valence-corrected chi connectivity index (χ3v) is 5.28. The number of aryl methyl sites for hydroxylation is 1. The summed E-state index contributed by atoms with van der Waals surface area (Å²) in [5.74, 6) is 0.771. The van der Waals surface area contributed by atoms with Crippen LogP contribution in [0.5, 0.6) is 0 Å². The van der Waals surface area contributed by atoms with Gasteiger partial charge in [0, 0.05) is 42.7 Å². The van der Waals surface area contributed by atoms with Crippen LogP contribution in [0.4, 0.5) is 0 Å². The number of carbonyl (C=O) groups is 1. The Morgan fingerprint density at radius 3 is 2.83 bits per heavy atom. The van der Waals surface area contributed by atoms with Gasteiger partial charge in [-0.25, -0.2) is 0 Å². The van der Waals surface area contributed by atoms with Crippen molar-refractivity contribution in [2.45, 2.75) is 51.0 Å². The molecular formula is C20H28N2O2. The van der Waals surface area contributed by atoms with E-state index in [0.717, 1.165) is 22.9 Å². The minimum absolute atomic E-state index is 0.0554. The number of nitrogens with zero attached hydrogens (tertiary/aromatic N) is 1. The second-order valence-electron chi connectivity index (χ2n) is 7.08. The summed E-state index contributed by atoms with van der Waals surface area (Å²) in [5, 5.41) is 14.4. The SMILES string of the molecule is Cn1cc(C(O)CNC(=O)CCC2CCCCC2)c2ccccc21. The van der Waals surface area contributed by atoms with Gasteiger partial charge < -0.3 is 15.0 Å². The van der Waals surface area contributed by atoms with Gasteiger partial charge in [0.1, 0.15) is 0 Å². The summed E-state index contributed by atoms with van der Waals surface area (Å²) >= 11 is 0. The van der Waals surface area contributed by atoms with Gasteiger partial charge in [0.2, 0.25) is 5.91 Å². The molecule has 4 nitrogen and oxygen atoms in total. The number of carbonyl (C=O) groups excluding carboxylic acids is 1. The van der Waals surface area contributed by atoms with Crippen molar-refractivity contribution in [2.75, 3.05) is 6.54 Å². The first kappa shape index (κ1) is 17.0. The molecule has 130 valence electrons. The van der Waals surface area contributed by atoms with Crippen LogP contribution >= 0.6 is 0 Å². The molecule has 0 saturated heterocycles. The van der Waals surface area contributed by atoms with E-state index in [4.69, 9.17) is 0 Å². The monoisotopic (exact) mass is 328 g/mol. The third-order valence-electron chi connectivity index (χ3n) is 5.28. The van der Waals surface area contributed by atoms with Crippen molar-refractivity contribution >= 4 is 16.8 Å². The fourth-order valence-electron chi connectivity index (χ4n) is 3.86. The summed E-state index contributed by atoms with van der Waals surface area (Å²) < 4.78 is 2.01. The number of nitrogens with one attached hydrogen (secondary N) is 1. The fraction of sp³-hybridized carbons (Fsp3) is 0.550. The predicted molar refractivity (Wildman–Crippen MR) is 96.7 cm³/mol. The average Bonchev–Trinajstić information content (AvgIpc) is 2.96. The highest BCUT2D eigenvalue weighted by atomic mass is 16.3. The van der Waals surface area contributed by atoms with Crippen molar-refractivity contribution in [1.82, 2.24) is 9.88 Å². The molecule has 1 aromatic carbocycles. The average molecular weight is 328 g/mol. The van der Waals surface area contributed by atoms with Crippen molar-refractivity contribution < 1.29 is 9.90 Å². The number of hydrogen-bond donors (Lipinski definition) is 2. The van der Waals surface area contributed by atoms with Crippen LogP contribution in [0.2, 0.25) is 0 Å². The highest BCUT2D eigenvalue weighted by Gasteiger charge is 2.17. The summed E-state index contributed by atoms with van der Waals surface area (Å²) in [6.45, 7) is 0.275. The number of aliphatic hydroxyl groups excluding tert-OH is 1. The van der Waals surface area contributed by atoms with Crippen molar-refractivity contribution in [3.8, 4) is 0 Å². The number of hydrogen-bond acceptors (Lipinski definition) is 2. The number of rotatable bonds is 6. The molecule has 1 fully saturated rings. The molecule has 2 N–H and O–H groups in total. The van der Waals surface area contributed by atoms with Crippen molar-refractivity contribution in [2.24, 2.45) is 13.0 Å². The number of amides is 1. The Labute approximate surface area is 143 Å². The van der Waals surface area contributed by atoms with Gasteiger partial charge in [-0.05, 0) is 18.4 Å². The van der Waals surface area contributed by atoms with Crippen LogP contribution in [0, 0.1) is 5.92 Å². The maximum Gasteiger partial charge on any atom is 0.220 e. The molecule has 1 aliphatic carbocycles. The molecule has 4 heteroatoms. The standard InChI is InChI=1S/C20H28N2O2/c1-22-14-17(16-9-5-6-10-18(16)22)19(23)13-21-20(24)12-11-15-7-3-2-4-8-15/h5-6,9-10,14-15,19,23H,2-4,7-8,11-13H2,1H3,(H,21,24). The van der Waals surface area contributed by atoms with Crippen LogP contribution in [-0.2, 0) is 11.8 Å². The van der Waals surface area contributed by atoms with E-state index < -0.39 is 6.10 Å². The normalized spacial score (nSPS) is 17.1. The molecule has 0 radical (unpaired) electrons. The van der Waals surface area contributed by atoms with Crippen LogP contribution in [-0.4, -0.2) is 22.1 Å². The van der Waals surface area contributed by atoms with E-state index in [1.54, 1.807) is 0 Å². The molecule has 1 heterocycles. The maximum atomic E-state index is 12.1. The van der Waals surface area contributed by atoms with E-state index in [9.17, 15) is 9.90 Å². The van der Waals surface area contributed by atoms with Gasteiger partial charge in [-0.15, -0.1) is 0 Å². The maximum absolute atomic E-state index is 12.1. The predicted octanol–water partition coefficient (Wildman–Crippen LogP) is 3.69. The zero-order valence-corrected chi connectivity index (χ0v) is 14.5. The summed E-state index contributed by atoms with van der Waals surface area (Å²) in [7, 11) is 1.97. The van der Waals surface area contributed by atoms with Gasteiger partial charge in [-0.2, -0.15) is 0 Å². The van der Waals surface area contributed by atoms with Crippen LogP contribution in [0.15, 0.2) is 30.5 Å². The van der Waals surface area contributed by atoms with E-state index in [2.05, 4.69) is 5.32 Å². The van der Waals surface area contributed by atoms with E-state index in [1.807, 2.05) is 42.1 Å². The molecule has 2 aromatic rings. The van der Waals surface area contributed by atoms with E-state index >= 15 is 0 Å². The smallest absolute Gasteiger partial charge is 0.220 e. The highest BCUT2D eigenvalue weighted by molar-refractivity contribution is 5.84. The Morgan fingerprint density at radius 1 is 1.29 bits per heavy atom. The van der Waals surface area contributed by atoms with E-state index in [-0.39, 0.29) is 12.5 Å². The molecule has 1 saturated carbocycles. The quantitative estimate of drug-likeness (QED) is 0.850. The molecule has 0 bridgehead atoms.